The molecule has 1 N–H and O–H groups in total. The van der Waals surface area contributed by atoms with E-state index in [1.165, 1.54) is 0 Å². The van der Waals surface area contributed by atoms with E-state index < -0.39 is 11.7 Å². The fourth-order valence-electron chi connectivity index (χ4n) is 4.86. The van der Waals surface area contributed by atoms with Crippen LogP contribution in [0.2, 0.25) is 0 Å². The smallest absolute Gasteiger partial charge is 0.407 e. The fraction of sp³-hybridized carbons (Fsp3) is 0.481. The number of imidazole rings is 1. The van der Waals surface area contributed by atoms with E-state index in [9.17, 15) is 4.79 Å². The van der Waals surface area contributed by atoms with Crippen LogP contribution in [0.25, 0.3) is 28.1 Å². The summed E-state index contributed by atoms with van der Waals surface area (Å²) in [6, 6.07) is 7.63. The second-order valence-corrected chi connectivity index (χ2v) is 11.1. The molecule has 1 aliphatic heterocycles. The van der Waals surface area contributed by atoms with Crippen LogP contribution in [0, 0.1) is 0 Å². The SMILES string of the molecule is CN1CCN(c2nccc3oc(-c4cnc5ccc(O[C@H]6C[C@@H](NC(=O)OC(C)(C)C)C6)nn45)cc23)CC1. The zero-order valence-corrected chi connectivity index (χ0v) is 22.2. The number of rotatable bonds is 5. The Labute approximate surface area is 220 Å². The highest BCUT2D eigenvalue weighted by Gasteiger charge is 2.33. The van der Waals surface area contributed by atoms with E-state index in [0.29, 0.717) is 30.1 Å². The molecule has 1 amide bonds. The Morgan fingerprint density at radius 1 is 1.11 bits per heavy atom. The van der Waals surface area contributed by atoms with E-state index in [-0.39, 0.29) is 12.1 Å². The first-order valence-electron chi connectivity index (χ1n) is 13.1. The standard InChI is InChI=1S/C27H33N7O4/c1-27(2,3)38-26(35)30-17-13-18(14-17)36-24-6-5-23-29-16-20(34(23)31-24)22-15-19-21(37-22)7-8-28-25(19)33-11-9-32(4)10-12-33/h5-8,15-18H,9-14H2,1-4H3,(H,30,35)/t17-,18+. The van der Waals surface area contributed by atoms with Crippen molar-refractivity contribution in [2.24, 2.45) is 0 Å². The summed E-state index contributed by atoms with van der Waals surface area (Å²) in [6.07, 6.45) is 4.52. The van der Waals surface area contributed by atoms with Gasteiger partial charge in [0.1, 0.15) is 28.8 Å². The molecule has 0 aromatic carbocycles. The first-order chi connectivity index (χ1) is 18.2. The maximum Gasteiger partial charge on any atom is 0.407 e. The Morgan fingerprint density at radius 2 is 1.89 bits per heavy atom. The monoisotopic (exact) mass is 519 g/mol. The van der Waals surface area contributed by atoms with Crippen molar-refractivity contribution in [2.75, 3.05) is 38.1 Å². The van der Waals surface area contributed by atoms with E-state index in [1.807, 2.05) is 45.0 Å². The summed E-state index contributed by atoms with van der Waals surface area (Å²) in [5.74, 6) is 2.11. The van der Waals surface area contributed by atoms with Crippen molar-refractivity contribution in [1.29, 1.82) is 0 Å². The lowest BCUT2D eigenvalue weighted by molar-refractivity contribution is 0.0352. The van der Waals surface area contributed by atoms with Crippen LogP contribution < -0.4 is 15.0 Å². The number of ether oxygens (including phenoxy) is 2. The number of likely N-dealkylation sites (N-methyl/N-ethyl adjacent to an activating group) is 1. The lowest BCUT2D eigenvalue weighted by atomic mass is 9.89. The average Bonchev–Trinajstić information content (AvgIpc) is 3.45. The second kappa shape index (κ2) is 9.46. The van der Waals surface area contributed by atoms with Crippen molar-refractivity contribution in [1.82, 2.24) is 29.8 Å². The maximum atomic E-state index is 12.0. The molecule has 0 atom stereocenters. The first-order valence-corrected chi connectivity index (χ1v) is 13.1. The number of carbonyl (C=O) groups excluding carboxylic acids is 1. The van der Waals surface area contributed by atoms with Gasteiger partial charge in [0.2, 0.25) is 5.88 Å². The van der Waals surface area contributed by atoms with Crippen LogP contribution in [-0.2, 0) is 4.74 Å². The number of pyridine rings is 1. The Bertz CT molecular complexity index is 1460. The third-order valence-electron chi connectivity index (χ3n) is 6.92. The van der Waals surface area contributed by atoms with Gasteiger partial charge in [-0.2, -0.15) is 0 Å². The molecule has 200 valence electrons. The van der Waals surface area contributed by atoms with Crippen LogP contribution in [0.1, 0.15) is 33.6 Å². The third kappa shape index (κ3) is 4.98. The molecular weight excluding hydrogens is 486 g/mol. The first kappa shape index (κ1) is 24.5. The van der Waals surface area contributed by atoms with Gasteiger partial charge in [0, 0.05) is 57.3 Å². The topological polar surface area (TPSA) is 110 Å². The second-order valence-electron chi connectivity index (χ2n) is 11.1. The molecule has 0 unspecified atom stereocenters. The lowest BCUT2D eigenvalue weighted by Crippen LogP contribution is -2.50. The van der Waals surface area contributed by atoms with E-state index in [4.69, 9.17) is 13.9 Å². The molecule has 4 aromatic heterocycles. The minimum atomic E-state index is -0.520. The summed E-state index contributed by atoms with van der Waals surface area (Å²) in [4.78, 5) is 25.8. The van der Waals surface area contributed by atoms with Crippen LogP contribution in [0.4, 0.5) is 10.6 Å². The van der Waals surface area contributed by atoms with Gasteiger partial charge in [0.05, 0.1) is 11.6 Å². The molecule has 2 aliphatic rings. The van der Waals surface area contributed by atoms with Gasteiger partial charge in [-0.25, -0.2) is 19.3 Å². The number of piperazine rings is 1. The molecule has 1 aliphatic carbocycles. The molecule has 0 spiro atoms. The van der Waals surface area contributed by atoms with Crippen LogP contribution in [-0.4, -0.2) is 81.5 Å². The molecule has 2 fully saturated rings. The minimum Gasteiger partial charge on any atom is -0.473 e. The van der Waals surface area contributed by atoms with Gasteiger partial charge in [-0.1, -0.05) is 0 Å². The summed E-state index contributed by atoms with van der Waals surface area (Å²) in [5.41, 5.74) is 1.70. The normalized spacial score (nSPS) is 20.5. The molecule has 11 heteroatoms. The molecule has 0 bridgehead atoms. The van der Waals surface area contributed by atoms with Gasteiger partial charge in [-0.15, -0.1) is 5.10 Å². The van der Waals surface area contributed by atoms with Crippen molar-refractivity contribution in [2.45, 2.75) is 51.4 Å². The van der Waals surface area contributed by atoms with Crippen molar-refractivity contribution in [3.8, 4) is 17.3 Å². The van der Waals surface area contributed by atoms with Gasteiger partial charge >= 0.3 is 6.09 Å². The zero-order valence-electron chi connectivity index (χ0n) is 22.2. The predicted octanol–water partition coefficient (Wildman–Crippen LogP) is 3.72. The van der Waals surface area contributed by atoms with Gasteiger partial charge in [-0.05, 0) is 46.0 Å². The Kier molecular flexibility index (Phi) is 6.10. The molecule has 0 radical (unpaired) electrons. The molecular formula is C27H33N7O4. The predicted molar refractivity (Wildman–Crippen MR) is 143 cm³/mol. The molecule has 5 heterocycles. The number of fused-ring (bicyclic) bond motifs is 2. The minimum absolute atomic E-state index is 0.0287. The maximum absolute atomic E-state index is 12.0. The molecule has 1 saturated carbocycles. The summed E-state index contributed by atoms with van der Waals surface area (Å²) < 4.78 is 19.4. The summed E-state index contributed by atoms with van der Waals surface area (Å²) in [5, 5.41) is 8.55. The van der Waals surface area contributed by atoms with Crippen molar-refractivity contribution >= 4 is 28.5 Å². The van der Waals surface area contributed by atoms with Crippen LogP contribution in [0.5, 0.6) is 5.88 Å². The number of anilines is 1. The fourth-order valence-corrected chi connectivity index (χ4v) is 4.86. The van der Waals surface area contributed by atoms with Gasteiger partial charge < -0.3 is 29.0 Å². The third-order valence-corrected chi connectivity index (χ3v) is 6.92. The lowest BCUT2D eigenvalue weighted by Gasteiger charge is -2.35. The molecule has 4 aromatic rings. The van der Waals surface area contributed by atoms with E-state index in [1.54, 1.807) is 16.9 Å². The van der Waals surface area contributed by atoms with Crippen molar-refractivity contribution in [3.05, 3.63) is 36.7 Å². The van der Waals surface area contributed by atoms with Gasteiger partial charge in [0.25, 0.3) is 0 Å². The number of carbonyl (C=O) groups is 1. The number of amides is 1. The number of aromatic nitrogens is 4. The van der Waals surface area contributed by atoms with Crippen molar-refractivity contribution in [3.63, 3.8) is 0 Å². The highest BCUT2D eigenvalue weighted by Crippen LogP contribution is 2.33. The number of alkyl carbamates (subject to hydrolysis) is 1. The van der Waals surface area contributed by atoms with E-state index in [0.717, 1.165) is 48.7 Å². The molecule has 1 saturated heterocycles. The number of hydrogen-bond donors (Lipinski definition) is 1. The largest absolute Gasteiger partial charge is 0.473 e. The molecule has 38 heavy (non-hydrogen) atoms. The zero-order chi connectivity index (χ0) is 26.4. The average molecular weight is 520 g/mol. The molecule has 11 nitrogen and oxygen atoms in total. The number of hydrogen-bond acceptors (Lipinski definition) is 9. The van der Waals surface area contributed by atoms with Crippen molar-refractivity contribution < 1.29 is 18.7 Å². The summed E-state index contributed by atoms with van der Waals surface area (Å²) >= 11 is 0. The summed E-state index contributed by atoms with van der Waals surface area (Å²) in [7, 11) is 2.14. The number of nitrogens with one attached hydrogen (secondary N) is 1. The number of furan rings is 1. The highest BCUT2D eigenvalue weighted by molar-refractivity contribution is 5.92. The highest BCUT2D eigenvalue weighted by atomic mass is 16.6. The molecule has 6 rings (SSSR count). The van der Waals surface area contributed by atoms with E-state index >= 15 is 0 Å². The van der Waals surface area contributed by atoms with Gasteiger partial charge in [-0.3, -0.25) is 0 Å². The van der Waals surface area contributed by atoms with Crippen LogP contribution >= 0.6 is 0 Å². The van der Waals surface area contributed by atoms with Crippen LogP contribution in [0.15, 0.2) is 41.1 Å². The van der Waals surface area contributed by atoms with Gasteiger partial charge in [0.15, 0.2) is 11.4 Å². The van der Waals surface area contributed by atoms with E-state index in [2.05, 4.69) is 37.2 Å². The Morgan fingerprint density at radius 3 is 2.66 bits per heavy atom. The van der Waals surface area contributed by atoms with Crippen LogP contribution in [0.3, 0.4) is 0 Å². The Hall–Kier alpha value is -3.86. The number of nitrogens with zero attached hydrogens (tertiary/aromatic N) is 6. The quantitative estimate of drug-likeness (QED) is 0.422. The Balaban J connectivity index is 1.17. The summed E-state index contributed by atoms with van der Waals surface area (Å²) in [6.45, 7) is 9.40.